The molecule has 2 aromatic carbocycles. The average Bonchev–Trinajstić information content (AvgIpc) is 3.00. The van der Waals surface area contributed by atoms with E-state index in [0.29, 0.717) is 22.0 Å². The Morgan fingerprint density at radius 2 is 1.86 bits per heavy atom. The van der Waals surface area contributed by atoms with E-state index in [1.165, 1.54) is 28.8 Å². The summed E-state index contributed by atoms with van der Waals surface area (Å²) in [5, 5.41) is 0.248. The summed E-state index contributed by atoms with van der Waals surface area (Å²) in [6.45, 7) is 3.65. The number of aliphatic imine (C=N–C) groups is 1. The highest BCUT2D eigenvalue weighted by Crippen LogP contribution is 2.43. The van der Waals surface area contributed by atoms with Gasteiger partial charge in [0.1, 0.15) is 12.4 Å². The Morgan fingerprint density at radius 1 is 1.17 bits per heavy atom. The SMILES string of the molecule is CC1=C(C(=O)OCc2ccccc2)[C@@H](c2ccc(F)cc2)N2C(=O)[C@@H](C)SC2=N1. The molecule has 1 amide bonds. The van der Waals surface area contributed by atoms with E-state index >= 15 is 0 Å². The van der Waals surface area contributed by atoms with Gasteiger partial charge in [-0.2, -0.15) is 0 Å². The lowest BCUT2D eigenvalue weighted by atomic mass is 9.94. The number of benzene rings is 2. The molecule has 2 aliphatic rings. The van der Waals surface area contributed by atoms with E-state index in [4.69, 9.17) is 4.74 Å². The van der Waals surface area contributed by atoms with Crippen LogP contribution in [0.25, 0.3) is 0 Å². The molecule has 2 aromatic rings. The molecule has 29 heavy (non-hydrogen) atoms. The van der Waals surface area contributed by atoms with Crippen molar-refractivity contribution in [2.75, 3.05) is 0 Å². The van der Waals surface area contributed by atoms with Crippen LogP contribution in [0, 0.1) is 5.82 Å². The first-order chi connectivity index (χ1) is 14.0. The van der Waals surface area contributed by atoms with Crippen molar-refractivity contribution < 1.29 is 18.7 Å². The summed E-state index contributed by atoms with van der Waals surface area (Å²) in [7, 11) is 0. The molecule has 0 bridgehead atoms. The Kier molecular flexibility index (Phi) is 5.24. The average molecular weight is 410 g/mol. The summed E-state index contributed by atoms with van der Waals surface area (Å²) in [4.78, 5) is 31.9. The summed E-state index contributed by atoms with van der Waals surface area (Å²) in [5.74, 6) is -1.06. The second-order valence-electron chi connectivity index (χ2n) is 6.88. The predicted molar refractivity (Wildman–Crippen MR) is 109 cm³/mol. The Bertz CT molecular complexity index is 1020. The second-order valence-corrected chi connectivity index (χ2v) is 8.19. The fourth-order valence-electron chi connectivity index (χ4n) is 3.43. The molecule has 0 aliphatic carbocycles. The van der Waals surface area contributed by atoms with Crippen molar-refractivity contribution in [2.45, 2.75) is 31.7 Å². The van der Waals surface area contributed by atoms with Crippen LogP contribution in [0.3, 0.4) is 0 Å². The number of allylic oxidation sites excluding steroid dienone is 1. The van der Waals surface area contributed by atoms with E-state index in [0.717, 1.165) is 5.56 Å². The van der Waals surface area contributed by atoms with Crippen molar-refractivity contribution in [1.29, 1.82) is 0 Å². The van der Waals surface area contributed by atoms with E-state index in [1.807, 2.05) is 30.3 Å². The third-order valence-electron chi connectivity index (χ3n) is 4.88. The molecule has 0 saturated carbocycles. The fraction of sp³-hybridized carbons (Fsp3) is 0.227. The normalized spacial score (nSPS) is 21.1. The largest absolute Gasteiger partial charge is 0.457 e. The molecule has 0 spiro atoms. The van der Waals surface area contributed by atoms with Crippen LogP contribution in [0.4, 0.5) is 4.39 Å². The lowest BCUT2D eigenvalue weighted by molar-refractivity contribution is -0.141. The van der Waals surface area contributed by atoms with Gasteiger partial charge in [-0.3, -0.25) is 9.69 Å². The van der Waals surface area contributed by atoms with Crippen LogP contribution >= 0.6 is 11.8 Å². The van der Waals surface area contributed by atoms with Gasteiger partial charge in [0.05, 0.1) is 22.6 Å². The molecule has 2 aliphatic heterocycles. The molecule has 0 unspecified atom stereocenters. The van der Waals surface area contributed by atoms with Gasteiger partial charge in [0.2, 0.25) is 5.91 Å². The number of halogens is 1. The Labute approximate surface area is 172 Å². The minimum Gasteiger partial charge on any atom is -0.457 e. The molecule has 148 valence electrons. The number of thioether (sulfide) groups is 1. The Morgan fingerprint density at radius 3 is 2.55 bits per heavy atom. The van der Waals surface area contributed by atoms with Crippen LogP contribution in [0.2, 0.25) is 0 Å². The van der Waals surface area contributed by atoms with Crippen molar-refractivity contribution in [3.63, 3.8) is 0 Å². The lowest BCUT2D eigenvalue weighted by Gasteiger charge is -2.33. The van der Waals surface area contributed by atoms with Gasteiger partial charge in [-0.25, -0.2) is 14.2 Å². The van der Waals surface area contributed by atoms with Crippen molar-refractivity contribution in [3.05, 3.63) is 82.8 Å². The van der Waals surface area contributed by atoms with E-state index in [1.54, 1.807) is 26.0 Å². The topological polar surface area (TPSA) is 59.0 Å². The number of carbonyl (C=O) groups is 2. The minimum absolute atomic E-state index is 0.113. The zero-order valence-corrected chi connectivity index (χ0v) is 16.8. The number of carbonyl (C=O) groups excluding carboxylic acids is 2. The number of amidine groups is 1. The predicted octanol–water partition coefficient (Wildman–Crippen LogP) is 4.22. The number of amides is 1. The first-order valence-corrected chi connectivity index (χ1v) is 10.1. The molecular formula is C22H19FN2O3S. The molecule has 4 rings (SSSR count). The number of nitrogens with zero attached hydrogens (tertiary/aromatic N) is 2. The molecule has 1 saturated heterocycles. The molecule has 7 heteroatoms. The van der Waals surface area contributed by atoms with Crippen LogP contribution in [-0.2, 0) is 20.9 Å². The van der Waals surface area contributed by atoms with Gasteiger partial charge in [0.15, 0.2) is 5.17 Å². The quantitative estimate of drug-likeness (QED) is 0.709. The van der Waals surface area contributed by atoms with Gasteiger partial charge in [0.25, 0.3) is 0 Å². The monoisotopic (exact) mass is 410 g/mol. The van der Waals surface area contributed by atoms with Crippen LogP contribution in [0.5, 0.6) is 0 Å². The molecule has 0 radical (unpaired) electrons. The summed E-state index contributed by atoms with van der Waals surface area (Å²) in [6.07, 6.45) is 0. The molecule has 2 atom stereocenters. The van der Waals surface area contributed by atoms with Crippen molar-refractivity contribution in [2.24, 2.45) is 4.99 Å². The molecule has 0 N–H and O–H groups in total. The number of fused-ring (bicyclic) bond motifs is 1. The van der Waals surface area contributed by atoms with Crippen molar-refractivity contribution in [3.8, 4) is 0 Å². The maximum Gasteiger partial charge on any atom is 0.338 e. The second kappa shape index (κ2) is 7.83. The first-order valence-electron chi connectivity index (χ1n) is 9.21. The number of ether oxygens (including phenoxy) is 1. The van der Waals surface area contributed by atoms with E-state index < -0.39 is 12.0 Å². The van der Waals surface area contributed by atoms with Gasteiger partial charge >= 0.3 is 5.97 Å². The Balaban J connectivity index is 1.71. The van der Waals surface area contributed by atoms with E-state index in [9.17, 15) is 14.0 Å². The third kappa shape index (κ3) is 3.70. The van der Waals surface area contributed by atoms with Gasteiger partial charge < -0.3 is 4.74 Å². The zero-order valence-electron chi connectivity index (χ0n) is 16.0. The number of rotatable bonds is 4. The highest BCUT2D eigenvalue weighted by Gasteiger charge is 2.46. The van der Waals surface area contributed by atoms with Crippen molar-refractivity contribution in [1.82, 2.24) is 4.90 Å². The van der Waals surface area contributed by atoms with Crippen LogP contribution in [0.15, 0.2) is 70.9 Å². The molecule has 5 nitrogen and oxygen atoms in total. The maximum atomic E-state index is 13.5. The van der Waals surface area contributed by atoms with Gasteiger partial charge in [-0.15, -0.1) is 0 Å². The van der Waals surface area contributed by atoms with Gasteiger partial charge in [-0.1, -0.05) is 54.2 Å². The molecular weight excluding hydrogens is 391 g/mol. The van der Waals surface area contributed by atoms with E-state index in [2.05, 4.69) is 4.99 Å². The first kappa shape index (κ1) is 19.4. The lowest BCUT2D eigenvalue weighted by Crippen LogP contribution is -2.40. The fourth-order valence-corrected chi connectivity index (χ4v) is 4.45. The molecule has 1 fully saturated rings. The summed E-state index contributed by atoms with van der Waals surface area (Å²) in [5.41, 5.74) is 2.28. The minimum atomic E-state index is -0.698. The molecule has 2 heterocycles. The summed E-state index contributed by atoms with van der Waals surface area (Å²) < 4.78 is 19.0. The van der Waals surface area contributed by atoms with E-state index in [-0.39, 0.29) is 23.6 Å². The number of hydrogen-bond acceptors (Lipinski definition) is 5. The number of esters is 1. The van der Waals surface area contributed by atoms with Crippen LogP contribution < -0.4 is 0 Å². The highest BCUT2D eigenvalue weighted by molar-refractivity contribution is 8.15. The summed E-state index contributed by atoms with van der Waals surface area (Å²) >= 11 is 1.35. The van der Waals surface area contributed by atoms with Gasteiger partial charge in [-0.05, 0) is 37.1 Å². The standard InChI is InChI=1S/C22H19FN2O3S/c1-13-18(21(27)28-12-15-6-4-3-5-7-15)19(16-8-10-17(23)11-9-16)25-20(26)14(2)29-22(25)24-13/h3-11,14,19H,12H2,1-2H3/t14-,19-/m1/s1. The highest BCUT2D eigenvalue weighted by atomic mass is 32.2. The van der Waals surface area contributed by atoms with Gasteiger partial charge in [0, 0.05) is 0 Å². The zero-order chi connectivity index (χ0) is 20.5. The van der Waals surface area contributed by atoms with Crippen LogP contribution in [-0.4, -0.2) is 27.2 Å². The number of hydrogen-bond donors (Lipinski definition) is 0. The third-order valence-corrected chi connectivity index (χ3v) is 5.93. The van der Waals surface area contributed by atoms with Crippen molar-refractivity contribution >= 4 is 28.8 Å². The smallest absolute Gasteiger partial charge is 0.338 e. The maximum absolute atomic E-state index is 13.5. The molecule has 0 aromatic heterocycles. The summed E-state index contributed by atoms with van der Waals surface area (Å²) in [6, 6.07) is 14.5. The van der Waals surface area contributed by atoms with Crippen LogP contribution in [0.1, 0.15) is 31.0 Å². The Hall–Kier alpha value is -2.93.